The topological polar surface area (TPSA) is 86.5 Å². The van der Waals surface area contributed by atoms with E-state index >= 15 is 0 Å². The normalized spacial score (nSPS) is 28.7. The maximum absolute atomic E-state index is 11.8. The number of carbonyl (C=O) groups is 1. The van der Waals surface area contributed by atoms with Gasteiger partial charge in [-0.25, -0.2) is 8.42 Å². The quantitative estimate of drug-likeness (QED) is 0.748. The molecule has 0 saturated carbocycles. The van der Waals surface area contributed by atoms with Gasteiger partial charge in [-0.2, -0.15) is 0 Å². The molecule has 1 heterocycles. The molecule has 5 nitrogen and oxygen atoms in total. The number of hydrogen-bond acceptors (Lipinski definition) is 5. The van der Waals surface area contributed by atoms with Crippen molar-refractivity contribution in [3.05, 3.63) is 0 Å². The number of sulfone groups is 1. The minimum atomic E-state index is -3.12. The van der Waals surface area contributed by atoms with E-state index in [-0.39, 0.29) is 17.9 Å². The first-order chi connectivity index (χ1) is 7.62. The standard InChI is InChI=1S/C11H21NO4S/c1-10(2,12)11(7-9(13)16-3)5-4-6-17(14,15)8-11/h4-8,12H2,1-3H3. The van der Waals surface area contributed by atoms with Crippen molar-refractivity contribution in [2.45, 2.75) is 38.6 Å². The summed E-state index contributed by atoms with van der Waals surface area (Å²) in [5, 5.41) is 0. The van der Waals surface area contributed by atoms with E-state index < -0.39 is 26.8 Å². The molecule has 0 aromatic rings. The number of hydrogen-bond donors (Lipinski definition) is 1. The molecule has 1 fully saturated rings. The SMILES string of the molecule is COC(=O)CC1(C(C)(C)N)CCCS(=O)(=O)C1. The second kappa shape index (κ2) is 4.57. The molecule has 0 radical (unpaired) electrons. The Balaban J connectivity index is 3.07. The van der Waals surface area contributed by atoms with Crippen LogP contribution >= 0.6 is 0 Å². The summed E-state index contributed by atoms with van der Waals surface area (Å²) in [6.07, 6.45) is 1.26. The van der Waals surface area contributed by atoms with Gasteiger partial charge in [0.25, 0.3) is 0 Å². The number of rotatable bonds is 3. The van der Waals surface area contributed by atoms with E-state index in [4.69, 9.17) is 5.73 Å². The first kappa shape index (κ1) is 14.4. The number of ether oxygens (including phenoxy) is 1. The monoisotopic (exact) mass is 263 g/mol. The third-order valence-corrected chi connectivity index (χ3v) is 5.59. The fraction of sp³-hybridized carbons (Fsp3) is 0.909. The lowest BCUT2D eigenvalue weighted by atomic mass is 9.68. The molecule has 1 rings (SSSR count). The van der Waals surface area contributed by atoms with Crippen LogP contribution in [0.25, 0.3) is 0 Å². The largest absolute Gasteiger partial charge is 0.469 e. The molecule has 1 aliphatic heterocycles. The molecule has 100 valence electrons. The van der Waals surface area contributed by atoms with Crippen molar-refractivity contribution in [1.29, 1.82) is 0 Å². The molecule has 2 N–H and O–H groups in total. The van der Waals surface area contributed by atoms with Crippen LogP contribution in [0.15, 0.2) is 0 Å². The summed E-state index contributed by atoms with van der Waals surface area (Å²) < 4.78 is 28.2. The summed E-state index contributed by atoms with van der Waals surface area (Å²) in [7, 11) is -1.81. The number of esters is 1. The highest BCUT2D eigenvalue weighted by atomic mass is 32.2. The summed E-state index contributed by atoms with van der Waals surface area (Å²) in [6, 6.07) is 0. The maximum Gasteiger partial charge on any atom is 0.306 e. The van der Waals surface area contributed by atoms with Crippen LogP contribution in [0.3, 0.4) is 0 Å². The summed E-state index contributed by atoms with van der Waals surface area (Å²) in [4.78, 5) is 11.5. The van der Waals surface area contributed by atoms with E-state index in [2.05, 4.69) is 4.74 Å². The summed E-state index contributed by atoms with van der Waals surface area (Å²) in [5.74, 6) is -0.245. The van der Waals surface area contributed by atoms with Gasteiger partial charge in [-0.15, -0.1) is 0 Å². The Hall–Kier alpha value is -0.620. The van der Waals surface area contributed by atoms with E-state index in [9.17, 15) is 13.2 Å². The lowest BCUT2D eigenvalue weighted by Gasteiger charge is -2.46. The molecule has 1 unspecified atom stereocenters. The van der Waals surface area contributed by atoms with Gasteiger partial charge in [-0.1, -0.05) is 0 Å². The van der Waals surface area contributed by atoms with Crippen LogP contribution in [0.1, 0.15) is 33.1 Å². The van der Waals surface area contributed by atoms with Gasteiger partial charge in [0.05, 0.1) is 25.0 Å². The molecule has 1 aliphatic rings. The Morgan fingerprint density at radius 2 is 2.06 bits per heavy atom. The van der Waals surface area contributed by atoms with Crippen LogP contribution in [-0.2, 0) is 19.4 Å². The smallest absolute Gasteiger partial charge is 0.306 e. The van der Waals surface area contributed by atoms with Crippen molar-refractivity contribution in [3.63, 3.8) is 0 Å². The van der Waals surface area contributed by atoms with Gasteiger partial charge in [0.1, 0.15) is 0 Å². The number of nitrogens with two attached hydrogens (primary N) is 1. The van der Waals surface area contributed by atoms with Gasteiger partial charge in [-0.3, -0.25) is 4.79 Å². The molecule has 1 atom stereocenters. The first-order valence-electron chi connectivity index (χ1n) is 5.68. The number of carbonyl (C=O) groups excluding carboxylic acids is 1. The zero-order valence-electron chi connectivity index (χ0n) is 10.7. The van der Waals surface area contributed by atoms with E-state index in [1.54, 1.807) is 13.8 Å². The van der Waals surface area contributed by atoms with Crippen molar-refractivity contribution in [2.24, 2.45) is 11.1 Å². The average molecular weight is 263 g/mol. The van der Waals surface area contributed by atoms with Crippen LogP contribution < -0.4 is 5.73 Å². The van der Waals surface area contributed by atoms with Crippen molar-refractivity contribution >= 4 is 15.8 Å². The minimum absolute atomic E-state index is 0.0292. The number of methoxy groups -OCH3 is 1. The van der Waals surface area contributed by atoms with Crippen LogP contribution in [0, 0.1) is 5.41 Å². The maximum atomic E-state index is 11.8. The van der Waals surface area contributed by atoms with Crippen LogP contribution in [0.5, 0.6) is 0 Å². The van der Waals surface area contributed by atoms with E-state index in [1.165, 1.54) is 7.11 Å². The molecule has 1 saturated heterocycles. The Morgan fingerprint density at radius 3 is 2.47 bits per heavy atom. The van der Waals surface area contributed by atoms with Crippen molar-refractivity contribution in [1.82, 2.24) is 0 Å². The molecule has 6 heteroatoms. The fourth-order valence-electron chi connectivity index (χ4n) is 2.42. The van der Waals surface area contributed by atoms with Crippen molar-refractivity contribution < 1.29 is 17.9 Å². The highest BCUT2D eigenvalue weighted by Crippen LogP contribution is 2.42. The van der Waals surface area contributed by atoms with Gasteiger partial charge in [0.2, 0.25) is 0 Å². The van der Waals surface area contributed by atoms with Gasteiger partial charge in [-0.05, 0) is 26.7 Å². The Bertz CT molecular complexity index is 396. The highest BCUT2D eigenvalue weighted by molar-refractivity contribution is 7.91. The first-order valence-corrected chi connectivity index (χ1v) is 7.50. The third kappa shape index (κ3) is 3.19. The fourth-order valence-corrected chi connectivity index (χ4v) is 4.61. The van der Waals surface area contributed by atoms with Gasteiger partial charge in [0, 0.05) is 11.0 Å². The third-order valence-electron chi connectivity index (χ3n) is 3.68. The second-order valence-corrected chi connectivity index (χ2v) is 7.63. The van der Waals surface area contributed by atoms with Crippen LogP contribution in [-0.4, -0.2) is 38.5 Å². The molecule has 0 aromatic carbocycles. The lowest BCUT2D eigenvalue weighted by molar-refractivity contribution is -0.144. The summed E-state index contributed by atoms with van der Waals surface area (Å²) in [6.45, 7) is 3.55. The van der Waals surface area contributed by atoms with E-state index in [1.807, 2.05) is 0 Å². The molecular formula is C11H21NO4S. The van der Waals surface area contributed by atoms with E-state index in [0.717, 1.165) is 0 Å². The van der Waals surface area contributed by atoms with Crippen molar-refractivity contribution in [3.8, 4) is 0 Å². The van der Waals surface area contributed by atoms with Gasteiger partial charge in [0.15, 0.2) is 9.84 Å². The molecule has 0 bridgehead atoms. The molecule has 0 aromatic heterocycles. The second-order valence-electron chi connectivity index (χ2n) is 5.45. The van der Waals surface area contributed by atoms with Crippen LogP contribution in [0.4, 0.5) is 0 Å². The zero-order chi connectivity index (χ0) is 13.3. The van der Waals surface area contributed by atoms with Gasteiger partial charge >= 0.3 is 5.97 Å². The molecule has 0 aliphatic carbocycles. The minimum Gasteiger partial charge on any atom is -0.469 e. The predicted octanol–water partition coefficient (Wildman–Crippen LogP) is 0.482. The van der Waals surface area contributed by atoms with Gasteiger partial charge < -0.3 is 10.5 Å². The summed E-state index contributed by atoms with van der Waals surface area (Å²) >= 11 is 0. The van der Waals surface area contributed by atoms with Crippen LogP contribution in [0.2, 0.25) is 0 Å². The zero-order valence-corrected chi connectivity index (χ0v) is 11.5. The lowest BCUT2D eigenvalue weighted by Crippen LogP contribution is -2.57. The Kier molecular flexibility index (Phi) is 3.88. The summed E-state index contributed by atoms with van der Waals surface area (Å²) in [5.41, 5.74) is 4.66. The predicted molar refractivity (Wildman–Crippen MR) is 65.2 cm³/mol. The Morgan fingerprint density at radius 1 is 1.47 bits per heavy atom. The molecular weight excluding hydrogens is 242 g/mol. The highest BCUT2D eigenvalue weighted by Gasteiger charge is 2.49. The Labute approximate surface area is 103 Å². The average Bonchev–Trinajstić information content (AvgIpc) is 2.14. The van der Waals surface area contributed by atoms with Crippen molar-refractivity contribution in [2.75, 3.05) is 18.6 Å². The molecule has 0 amide bonds. The van der Waals surface area contributed by atoms with E-state index in [0.29, 0.717) is 12.8 Å². The molecule has 17 heavy (non-hydrogen) atoms. The molecule has 0 spiro atoms.